The van der Waals surface area contributed by atoms with Crippen molar-refractivity contribution in [2.45, 2.75) is 6.92 Å². The maximum absolute atomic E-state index is 4.75. The summed E-state index contributed by atoms with van der Waals surface area (Å²) in [6.45, 7) is 2.09. The Morgan fingerprint density at radius 2 is 2.00 bits per heavy atom. The zero-order chi connectivity index (χ0) is 14.4. The number of benzene rings is 1. The first-order valence-corrected chi connectivity index (χ1v) is 8.38. The van der Waals surface area contributed by atoms with E-state index in [9.17, 15) is 0 Å². The number of hydrogen-bond donors (Lipinski definition) is 1. The van der Waals surface area contributed by atoms with Crippen LogP contribution in [0.15, 0.2) is 35.7 Å². The van der Waals surface area contributed by atoms with Crippen molar-refractivity contribution in [1.29, 1.82) is 0 Å². The predicted octanol–water partition coefficient (Wildman–Crippen LogP) is 4.92. The fourth-order valence-electron chi connectivity index (χ4n) is 2.52. The van der Waals surface area contributed by atoms with Crippen LogP contribution in [0.25, 0.3) is 31.0 Å². The van der Waals surface area contributed by atoms with Gasteiger partial charge in [-0.05, 0) is 36.1 Å². The number of rotatable bonds is 2. The fourth-order valence-corrected chi connectivity index (χ4v) is 4.56. The molecular weight excluding hydrogens is 298 g/mol. The summed E-state index contributed by atoms with van der Waals surface area (Å²) >= 11 is 3.50. The molecule has 0 aliphatic carbocycles. The van der Waals surface area contributed by atoms with Crippen molar-refractivity contribution in [3.8, 4) is 10.7 Å². The minimum Gasteiger partial charge on any atom is -0.373 e. The van der Waals surface area contributed by atoms with Gasteiger partial charge in [-0.15, -0.1) is 22.7 Å². The zero-order valence-electron chi connectivity index (χ0n) is 11.7. The summed E-state index contributed by atoms with van der Waals surface area (Å²) in [5.74, 6) is 1.69. The van der Waals surface area contributed by atoms with E-state index >= 15 is 0 Å². The third-order valence-corrected chi connectivity index (χ3v) is 5.62. The minimum atomic E-state index is 0.797. The molecule has 4 rings (SSSR count). The van der Waals surface area contributed by atoms with Gasteiger partial charge in [-0.2, -0.15) is 0 Å². The molecular formula is C16H13N3S2. The van der Waals surface area contributed by atoms with E-state index in [4.69, 9.17) is 9.97 Å². The molecule has 0 unspecified atom stereocenters. The van der Waals surface area contributed by atoms with Crippen LogP contribution in [-0.2, 0) is 0 Å². The molecule has 0 fully saturated rings. The van der Waals surface area contributed by atoms with Crippen LogP contribution in [-0.4, -0.2) is 17.0 Å². The molecule has 5 heteroatoms. The summed E-state index contributed by atoms with van der Waals surface area (Å²) in [6.07, 6.45) is 0. The summed E-state index contributed by atoms with van der Waals surface area (Å²) in [5.41, 5.74) is 2.18. The Hall–Kier alpha value is -1.98. The van der Waals surface area contributed by atoms with Crippen molar-refractivity contribution >= 4 is 48.8 Å². The molecule has 0 aliphatic heterocycles. The Morgan fingerprint density at radius 3 is 2.81 bits per heavy atom. The molecule has 4 aromatic rings. The van der Waals surface area contributed by atoms with Crippen LogP contribution >= 0.6 is 22.7 Å². The van der Waals surface area contributed by atoms with Crippen LogP contribution in [0.4, 0.5) is 5.82 Å². The van der Waals surface area contributed by atoms with Gasteiger partial charge in [-0.3, -0.25) is 0 Å². The lowest BCUT2D eigenvalue weighted by Gasteiger charge is -2.09. The number of fused-ring (bicyclic) bond motifs is 2. The molecule has 0 saturated carbocycles. The van der Waals surface area contributed by atoms with Crippen LogP contribution in [0.2, 0.25) is 0 Å². The first-order valence-electron chi connectivity index (χ1n) is 6.69. The molecule has 1 N–H and O–H groups in total. The van der Waals surface area contributed by atoms with E-state index < -0.39 is 0 Å². The third kappa shape index (κ3) is 2.01. The molecule has 0 radical (unpaired) electrons. The van der Waals surface area contributed by atoms with Crippen LogP contribution in [0.5, 0.6) is 0 Å². The van der Waals surface area contributed by atoms with Gasteiger partial charge in [-0.1, -0.05) is 12.1 Å². The van der Waals surface area contributed by atoms with Gasteiger partial charge < -0.3 is 5.32 Å². The predicted molar refractivity (Wildman–Crippen MR) is 92.5 cm³/mol. The van der Waals surface area contributed by atoms with Gasteiger partial charge in [0.05, 0.1) is 10.4 Å². The van der Waals surface area contributed by atoms with Gasteiger partial charge in [-0.25, -0.2) is 9.97 Å². The fraction of sp³-hybridized carbons (Fsp3) is 0.125. The van der Waals surface area contributed by atoms with Gasteiger partial charge in [0.25, 0.3) is 0 Å². The summed E-state index contributed by atoms with van der Waals surface area (Å²) < 4.78 is 2.60. The Bertz CT molecular complexity index is 924. The van der Waals surface area contributed by atoms with Gasteiger partial charge in [0.15, 0.2) is 5.82 Å². The highest BCUT2D eigenvalue weighted by Gasteiger charge is 2.12. The van der Waals surface area contributed by atoms with Crippen molar-refractivity contribution in [2.24, 2.45) is 0 Å². The third-order valence-electron chi connectivity index (χ3n) is 3.53. The number of hydrogen-bond acceptors (Lipinski definition) is 5. The number of aryl methyl sites for hydroxylation is 1. The molecule has 104 valence electrons. The van der Waals surface area contributed by atoms with Gasteiger partial charge in [0, 0.05) is 21.8 Å². The highest BCUT2D eigenvalue weighted by atomic mass is 32.1. The second-order valence-electron chi connectivity index (χ2n) is 4.87. The van der Waals surface area contributed by atoms with Gasteiger partial charge in [0.1, 0.15) is 5.82 Å². The van der Waals surface area contributed by atoms with Crippen molar-refractivity contribution < 1.29 is 0 Å². The highest BCUT2D eigenvalue weighted by molar-refractivity contribution is 7.28. The number of aromatic nitrogens is 2. The van der Waals surface area contributed by atoms with Crippen LogP contribution in [0.3, 0.4) is 0 Å². The molecule has 1 aromatic carbocycles. The molecule has 21 heavy (non-hydrogen) atoms. The standard InChI is InChI=1S/C16H13N3S2/c1-9-4-3-5-10-14(9)16(17-2)19-15(18-10)13-8-12-11(21-13)6-7-20-12/h3-8H,1-2H3,(H,17,18,19). The summed E-state index contributed by atoms with van der Waals surface area (Å²) in [6, 6.07) is 10.5. The van der Waals surface area contributed by atoms with E-state index in [-0.39, 0.29) is 0 Å². The molecule has 3 aromatic heterocycles. The van der Waals surface area contributed by atoms with E-state index in [0.717, 1.165) is 27.4 Å². The van der Waals surface area contributed by atoms with Crippen molar-refractivity contribution in [1.82, 2.24) is 9.97 Å². The van der Waals surface area contributed by atoms with Crippen molar-refractivity contribution in [2.75, 3.05) is 12.4 Å². The maximum Gasteiger partial charge on any atom is 0.172 e. The van der Waals surface area contributed by atoms with E-state index in [1.54, 1.807) is 22.7 Å². The van der Waals surface area contributed by atoms with E-state index in [1.807, 2.05) is 19.2 Å². The Labute approximate surface area is 130 Å². The molecule has 0 saturated heterocycles. The quantitative estimate of drug-likeness (QED) is 0.571. The molecule has 0 spiro atoms. The first-order chi connectivity index (χ1) is 10.3. The minimum absolute atomic E-state index is 0.797. The van der Waals surface area contributed by atoms with Crippen LogP contribution < -0.4 is 5.32 Å². The monoisotopic (exact) mass is 311 g/mol. The average Bonchev–Trinajstić information content (AvgIpc) is 3.07. The molecule has 0 aliphatic rings. The first kappa shape index (κ1) is 12.7. The van der Waals surface area contributed by atoms with Crippen molar-refractivity contribution in [3.63, 3.8) is 0 Å². The number of thiophene rings is 2. The Morgan fingerprint density at radius 1 is 1.10 bits per heavy atom. The Balaban J connectivity index is 1.99. The van der Waals surface area contributed by atoms with Crippen LogP contribution in [0, 0.1) is 6.92 Å². The lowest BCUT2D eigenvalue weighted by molar-refractivity contribution is 1.22. The average molecular weight is 311 g/mol. The molecule has 0 atom stereocenters. The second kappa shape index (κ2) is 4.79. The van der Waals surface area contributed by atoms with E-state index in [1.165, 1.54) is 15.0 Å². The lowest BCUT2D eigenvalue weighted by Crippen LogP contribution is -1.99. The highest BCUT2D eigenvalue weighted by Crippen LogP contribution is 2.36. The largest absolute Gasteiger partial charge is 0.373 e. The SMILES string of the molecule is CNc1nc(-c2cc3sccc3s2)nc2cccc(C)c12. The lowest BCUT2D eigenvalue weighted by atomic mass is 10.1. The summed E-state index contributed by atoms with van der Waals surface area (Å²) in [7, 11) is 1.91. The molecule has 3 nitrogen and oxygen atoms in total. The van der Waals surface area contributed by atoms with Crippen LogP contribution in [0.1, 0.15) is 5.56 Å². The number of nitrogens with one attached hydrogen (secondary N) is 1. The number of nitrogens with zero attached hydrogens (tertiary/aromatic N) is 2. The van der Waals surface area contributed by atoms with E-state index in [2.05, 4.69) is 35.8 Å². The Kier molecular flexibility index (Phi) is 2.90. The summed E-state index contributed by atoms with van der Waals surface area (Å²) in [4.78, 5) is 10.6. The smallest absolute Gasteiger partial charge is 0.172 e. The van der Waals surface area contributed by atoms with Gasteiger partial charge >= 0.3 is 0 Å². The molecule has 0 bridgehead atoms. The number of anilines is 1. The van der Waals surface area contributed by atoms with E-state index in [0.29, 0.717) is 0 Å². The summed E-state index contributed by atoms with van der Waals surface area (Å²) in [5, 5.41) is 6.42. The molecule has 3 heterocycles. The van der Waals surface area contributed by atoms with Gasteiger partial charge in [0.2, 0.25) is 0 Å². The normalized spacial score (nSPS) is 11.3. The second-order valence-corrected chi connectivity index (χ2v) is 6.91. The van der Waals surface area contributed by atoms with Crippen molar-refractivity contribution in [3.05, 3.63) is 41.3 Å². The molecule has 0 amide bonds. The zero-order valence-corrected chi connectivity index (χ0v) is 13.3. The topological polar surface area (TPSA) is 37.8 Å². The maximum atomic E-state index is 4.75.